The van der Waals surface area contributed by atoms with Gasteiger partial charge in [0.1, 0.15) is 5.82 Å². The van der Waals surface area contributed by atoms with E-state index in [1.54, 1.807) is 30.6 Å². The van der Waals surface area contributed by atoms with Crippen LogP contribution < -0.4 is 0 Å². The molecule has 0 N–H and O–H groups in total. The van der Waals surface area contributed by atoms with Gasteiger partial charge in [0.15, 0.2) is 0 Å². The fourth-order valence-corrected chi connectivity index (χ4v) is 5.70. The molecule has 1 unspecified atom stereocenters. The molecule has 0 radical (unpaired) electrons. The Bertz CT molecular complexity index is 1560. The van der Waals surface area contributed by atoms with Crippen LogP contribution in [0.25, 0.3) is 16.6 Å². The molecule has 3 heterocycles. The van der Waals surface area contributed by atoms with Crippen molar-refractivity contribution in [1.82, 2.24) is 19.7 Å². The van der Waals surface area contributed by atoms with Crippen LogP contribution >= 0.6 is 0 Å². The molecule has 1 atom stereocenters. The number of aryl methyl sites for hydroxylation is 1. The maximum atomic E-state index is 13.5. The maximum absolute atomic E-state index is 13.5. The molecule has 3 aromatic carbocycles. The first-order valence-electron chi connectivity index (χ1n) is 12.5. The van der Waals surface area contributed by atoms with Crippen LogP contribution in [0.15, 0.2) is 97.5 Å². The SMILES string of the molecule is Cc1cc2c(cnn2-c2ccc(F)cc2)cc1C1(Cc2ccccc2)CCN(C(=O)c2cccnc2)C1. The van der Waals surface area contributed by atoms with E-state index >= 15 is 0 Å². The third kappa shape index (κ3) is 4.29. The predicted octanol–water partition coefficient (Wildman–Crippen LogP) is 5.89. The lowest BCUT2D eigenvalue weighted by Crippen LogP contribution is -2.36. The molecule has 1 aliphatic heterocycles. The summed E-state index contributed by atoms with van der Waals surface area (Å²) in [4.78, 5) is 19.5. The highest BCUT2D eigenvalue weighted by atomic mass is 19.1. The van der Waals surface area contributed by atoms with E-state index in [4.69, 9.17) is 0 Å². The van der Waals surface area contributed by atoms with E-state index in [0.29, 0.717) is 18.7 Å². The molecule has 6 heteroatoms. The largest absolute Gasteiger partial charge is 0.338 e. The second kappa shape index (κ2) is 9.28. The molecule has 2 aromatic heterocycles. The molecule has 0 aliphatic carbocycles. The fraction of sp³-hybridized carbons (Fsp3) is 0.194. The van der Waals surface area contributed by atoms with E-state index in [9.17, 15) is 9.18 Å². The Labute approximate surface area is 215 Å². The van der Waals surface area contributed by atoms with Gasteiger partial charge in [0, 0.05) is 36.3 Å². The summed E-state index contributed by atoms with van der Waals surface area (Å²) in [7, 11) is 0. The lowest BCUT2D eigenvalue weighted by molar-refractivity contribution is 0.0782. The van der Waals surface area contributed by atoms with Crippen molar-refractivity contribution in [3.63, 3.8) is 0 Å². The first-order chi connectivity index (χ1) is 18.0. The summed E-state index contributed by atoms with van der Waals surface area (Å²) in [5.74, 6) is -0.251. The van der Waals surface area contributed by atoms with Crippen molar-refractivity contribution in [2.24, 2.45) is 0 Å². The van der Waals surface area contributed by atoms with Crippen LogP contribution in [0.5, 0.6) is 0 Å². The summed E-state index contributed by atoms with van der Waals surface area (Å²) in [6.45, 7) is 3.45. The third-order valence-electron chi connectivity index (χ3n) is 7.49. The number of likely N-dealkylation sites (tertiary alicyclic amines) is 1. The number of amides is 1. The number of carbonyl (C=O) groups is 1. The highest BCUT2D eigenvalue weighted by molar-refractivity contribution is 5.94. The van der Waals surface area contributed by atoms with Crippen molar-refractivity contribution in [1.29, 1.82) is 0 Å². The van der Waals surface area contributed by atoms with Gasteiger partial charge in [0.05, 0.1) is 23.0 Å². The minimum absolute atomic E-state index is 0.0193. The van der Waals surface area contributed by atoms with E-state index in [1.165, 1.54) is 23.3 Å². The van der Waals surface area contributed by atoms with Gasteiger partial charge < -0.3 is 4.90 Å². The molecule has 1 aliphatic rings. The molecule has 0 saturated carbocycles. The minimum Gasteiger partial charge on any atom is -0.338 e. The first kappa shape index (κ1) is 23.1. The number of pyridine rings is 1. The second-order valence-corrected chi connectivity index (χ2v) is 9.92. The minimum atomic E-state index is -0.270. The van der Waals surface area contributed by atoms with Crippen molar-refractivity contribution >= 4 is 16.8 Å². The standard InChI is InChI=1S/C31H27FN4O/c1-22-16-29-25(20-34-36(29)27-11-9-26(32)10-12-27)17-28(22)31(18-23-6-3-2-4-7-23)13-15-35(21-31)30(37)24-8-5-14-33-19-24/h2-12,14,16-17,19-20H,13,15,18,21H2,1H3. The molecule has 1 amide bonds. The van der Waals surface area contributed by atoms with Crippen LogP contribution in [0.1, 0.15) is 33.5 Å². The number of benzene rings is 3. The van der Waals surface area contributed by atoms with Gasteiger partial charge in [-0.15, -0.1) is 0 Å². The van der Waals surface area contributed by atoms with Crippen molar-refractivity contribution in [3.8, 4) is 5.69 Å². The van der Waals surface area contributed by atoms with Gasteiger partial charge in [0.25, 0.3) is 5.91 Å². The quantitative estimate of drug-likeness (QED) is 0.309. The average molecular weight is 491 g/mol. The Morgan fingerprint density at radius 2 is 1.81 bits per heavy atom. The second-order valence-electron chi connectivity index (χ2n) is 9.92. The Morgan fingerprint density at radius 3 is 2.57 bits per heavy atom. The van der Waals surface area contributed by atoms with Crippen LogP contribution in [0, 0.1) is 12.7 Å². The number of fused-ring (bicyclic) bond motifs is 1. The van der Waals surface area contributed by atoms with E-state index in [2.05, 4.69) is 53.4 Å². The summed E-state index contributed by atoms with van der Waals surface area (Å²) in [6.07, 6.45) is 6.90. The smallest absolute Gasteiger partial charge is 0.255 e. The van der Waals surface area contributed by atoms with Gasteiger partial charge in [-0.25, -0.2) is 9.07 Å². The summed E-state index contributed by atoms with van der Waals surface area (Å²) in [5, 5.41) is 5.64. The molecule has 0 spiro atoms. The summed E-state index contributed by atoms with van der Waals surface area (Å²) in [5.41, 5.74) is 5.83. The molecule has 1 fully saturated rings. The van der Waals surface area contributed by atoms with Gasteiger partial charge in [-0.05, 0) is 85.0 Å². The lowest BCUT2D eigenvalue weighted by atomic mass is 9.73. The van der Waals surface area contributed by atoms with Gasteiger partial charge in [0.2, 0.25) is 0 Å². The lowest BCUT2D eigenvalue weighted by Gasteiger charge is -2.32. The zero-order valence-electron chi connectivity index (χ0n) is 20.6. The fourth-order valence-electron chi connectivity index (χ4n) is 5.70. The van der Waals surface area contributed by atoms with E-state index < -0.39 is 0 Å². The number of carbonyl (C=O) groups excluding carboxylic acids is 1. The molecule has 1 saturated heterocycles. The number of aromatic nitrogens is 3. The Kier molecular flexibility index (Phi) is 5.80. The molecular formula is C31H27FN4O. The maximum Gasteiger partial charge on any atom is 0.255 e. The van der Waals surface area contributed by atoms with E-state index in [1.807, 2.05) is 27.9 Å². The molecular weight excluding hydrogens is 463 g/mol. The Hall–Kier alpha value is -4.32. The Morgan fingerprint density at radius 1 is 1.00 bits per heavy atom. The molecule has 0 bridgehead atoms. The molecule has 5 nitrogen and oxygen atoms in total. The van der Waals surface area contributed by atoms with Crippen LogP contribution in [0.4, 0.5) is 4.39 Å². The summed E-state index contributed by atoms with van der Waals surface area (Å²) >= 11 is 0. The first-order valence-corrected chi connectivity index (χ1v) is 12.5. The summed E-state index contributed by atoms with van der Waals surface area (Å²) < 4.78 is 15.3. The summed E-state index contributed by atoms with van der Waals surface area (Å²) in [6, 6.07) is 24.9. The normalized spacial score (nSPS) is 17.4. The van der Waals surface area contributed by atoms with E-state index in [0.717, 1.165) is 35.0 Å². The van der Waals surface area contributed by atoms with Crippen LogP contribution in [0.2, 0.25) is 0 Å². The van der Waals surface area contributed by atoms with Gasteiger partial charge in [-0.2, -0.15) is 5.10 Å². The van der Waals surface area contributed by atoms with Crippen molar-refractivity contribution in [3.05, 3.63) is 126 Å². The highest BCUT2D eigenvalue weighted by Crippen LogP contribution is 2.41. The van der Waals surface area contributed by atoms with Crippen LogP contribution in [-0.2, 0) is 11.8 Å². The number of hydrogen-bond donors (Lipinski definition) is 0. The van der Waals surface area contributed by atoms with Crippen LogP contribution in [-0.4, -0.2) is 38.7 Å². The van der Waals surface area contributed by atoms with Gasteiger partial charge in [-0.3, -0.25) is 9.78 Å². The zero-order chi connectivity index (χ0) is 25.4. The van der Waals surface area contributed by atoms with Gasteiger partial charge >= 0.3 is 0 Å². The molecule has 6 rings (SSSR count). The van der Waals surface area contributed by atoms with Crippen molar-refractivity contribution in [2.45, 2.75) is 25.2 Å². The number of rotatable bonds is 5. The Balaban J connectivity index is 1.42. The zero-order valence-corrected chi connectivity index (χ0v) is 20.6. The number of halogens is 1. The number of nitrogens with zero attached hydrogens (tertiary/aromatic N) is 4. The highest BCUT2D eigenvalue weighted by Gasteiger charge is 2.42. The van der Waals surface area contributed by atoms with E-state index in [-0.39, 0.29) is 17.1 Å². The van der Waals surface area contributed by atoms with Crippen molar-refractivity contribution in [2.75, 3.05) is 13.1 Å². The predicted molar refractivity (Wildman–Crippen MR) is 142 cm³/mol. The van der Waals surface area contributed by atoms with Crippen LogP contribution in [0.3, 0.4) is 0 Å². The third-order valence-corrected chi connectivity index (χ3v) is 7.49. The topological polar surface area (TPSA) is 51.0 Å². The molecule has 5 aromatic rings. The monoisotopic (exact) mass is 490 g/mol. The van der Waals surface area contributed by atoms with Gasteiger partial charge in [-0.1, -0.05) is 30.3 Å². The molecule has 37 heavy (non-hydrogen) atoms. The van der Waals surface area contributed by atoms with Crippen molar-refractivity contribution < 1.29 is 9.18 Å². The average Bonchev–Trinajstić information content (AvgIpc) is 3.54. The number of hydrogen-bond acceptors (Lipinski definition) is 3. The molecule has 184 valence electrons.